The number of hydrogen-bond acceptors (Lipinski definition) is 2. The van der Waals surface area contributed by atoms with Gasteiger partial charge in [0.1, 0.15) is 0 Å². The highest BCUT2D eigenvalue weighted by molar-refractivity contribution is 5.73. The summed E-state index contributed by atoms with van der Waals surface area (Å²) < 4.78 is 0. The van der Waals surface area contributed by atoms with Crippen molar-refractivity contribution in [3.05, 3.63) is 49.1 Å². The lowest BCUT2D eigenvalue weighted by Crippen LogP contribution is -1.83. The van der Waals surface area contributed by atoms with Gasteiger partial charge in [-0.15, -0.1) is 0 Å². The molecule has 0 saturated carbocycles. The molecular weight excluding hydrogens is 192 g/mol. The number of carboxylic acid groups (broad SMARTS) is 1. The van der Waals surface area contributed by atoms with Crippen molar-refractivity contribution >= 4 is 12.0 Å². The van der Waals surface area contributed by atoms with Crippen LogP contribution in [0.25, 0.3) is 5.57 Å². The third kappa shape index (κ3) is 4.08. The van der Waals surface area contributed by atoms with Gasteiger partial charge in [0.05, 0.1) is 12.0 Å². The molecule has 80 valence electrons. The Balaban J connectivity index is 0.000000583. The molecule has 0 bridgehead atoms. The molecule has 0 unspecified atom stereocenters. The molecule has 0 radical (unpaired) electrons. The van der Waals surface area contributed by atoms with Crippen molar-refractivity contribution in [1.29, 1.82) is 0 Å². The van der Waals surface area contributed by atoms with E-state index in [1.165, 1.54) is 0 Å². The van der Waals surface area contributed by atoms with E-state index in [1.54, 1.807) is 18.5 Å². The van der Waals surface area contributed by atoms with Gasteiger partial charge < -0.3 is 10.1 Å². The van der Waals surface area contributed by atoms with E-state index in [0.717, 1.165) is 17.0 Å². The fraction of sp³-hybridized carbons (Fsp3) is 0.0909. The third-order valence-electron chi connectivity index (χ3n) is 1.62. The summed E-state index contributed by atoms with van der Waals surface area (Å²) in [7, 11) is 0. The van der Waals surface area contributed by atoms with E-state index in [9.17, 15) is 0 Å². The lowest BCUT2D eigenvalue weighted by Gasteiger charge is -1.96. The van der Waals surface area contributed by atoms with Crippen LogP contribution < -0.4 is 0 Å². The zero-order valence-corrected chi connectivity index (χ0v) is 8.60. The van der Waals surface area contributed by atoms with Gasteiger partial charge in [0.25, 0.3) is 6.47 Å². The maximum Gasteiger partial charge on any atom is 0.290 e. The van der Waals surface area contributed by atoms with Crippen molar-refractivity contribution < 1.29 is 9.90 Å². The maximum atomic E-state index is 8.36. The molecule has 0 atom stereocenters. The number of rotatable bonds is 3. The highest BCUT2D eigenvalue weighted by atomic mass is 16.3. The molecule has 4 nitrogen and oxygen atoms in total. The molecule has 0 aromatic carbocycles. The summed E-state index contributed by atoms with van der Waals surface area (Å²) in [6.45, 7) is 9.06. The number of aryl methyl sites for hydroxylation is 1. The first kappa shape index (κ1) is 12.9. The lowest BCUT2D eigenvalue weighted by molar-refractivity contribution is -0.122. The van der Waals surface area contributed by atoms with Crippen molar-refractivity contribution in [2.75, 3.05) is 0 Å². The molecule has 1 rings (SSSR count). The largest absolute Gasteiger partial charge is 0.483 e. The van der Waals surface area contributed by atoms with E-state index in [1.807, 2.05) is 13.0 Å². The molecule has 1 heterocycles. The molecule has 15 heavy (non-hydrogen) atoms. The second-order valence-electron chi connectivity index (χ2n) is 2.54. The van der Waals surface area contributed by atoms with Crippen LogP contribution >= 0.6 is 0 Å². The predicted octanol–water partition coefficient (Wildman–Crippen LogP) is 2.17. The van der Waals surface area contributed by atoms with Crippen LogP contribution in [-0.2, 0) is 4.79 Å². The number of imidazole rings is 1. The highest BCUT2D eigenvalue weighted by Crippen LogP contribution is 2.15. The molecular formula is C11H14N2O2. The van der Waals surface area contributed by atoms with E-state index in [0.29, 0.717) is 0 Å². The van der Waals surface area contributed by atoms with Crippen molar-refractivity contribution in [1.82, 2.24) is 9.97 Å². The predicted molar refractivity (Wildman–Crippen MR) is 60.4 cm³/mol. The number of hydrogen-bond donors (Lipinski definition) is 2. The van der Waals surface area contributed by atoms with Gasteiger partial charge >= 0.3 is 0 Å². The van der Waals surface area contributed by atoms with Gasteiger partial charge in [0, 0.05) is 11.3 Å². The second-order valence-corrected chi connectivity index (χ2v) is 2.54. The summed E-state index contributed by atoms with van der Waals surface area (Å²) in [5.74, 6) is 0. The fourth-order valence-electron chi connectivity index (χ4n) is 1.02. The zero-order chi connectivity index (χ0) is 11.7. The summed E-state index contributed by atoms with van der Waals surface area (Å²) in [4.78, 5) is 15.5. The summed E-state index contributed by atoms with van der Waals surface area (Å²) in [6, 6.07) is 0. The molecule has 1 aromatic rings. The first-order valence-electron chi connectivity index (χ1n) is 4.24. The summed E-state index contributed by atoms with van der Waals surface area (Å²) in [6.07, 6.45) is 7.05. The number of allylic oxidation sites excluding steroid dienone is 4. The van der Waals surface area contributed by atoms with E-state index in [-0.39, 0.29) is 6.47 Å². The Morgan fingerprint density at radius 2 is 2.20 bits per heavy atom. The van der Waals surface area contributed by atoms with Crippen molar-refractivity contribution in [3.63, 3.8) is 0 Å². The molecule has 0 fully saturated rings. The lowest BCUT2D eigenvalue weighted by atomic mass is 10.1. The van der Waals surface area contributed by atoms with Gasteiger partial charge in [-0.3, -0.25) is 4.79 Å². The molecule has 0 saturated heterocycles. The Morgan fingerprint density at radius 3 is 2.53 bits per heavy atom. The standard InChI is InChI=1S/C10H12N2.CH2O2/c1-4-6-9(5-2)10-8(3)11-7-12-10;2-1-3/h4-7H,1-2H2,3H3,(H,11,12);1H,(H,2,3)/b9-6+;. The summed E-state index contributed by atoms with van der Waals surface area (Å²) in [5, 5.41) is 6.89. The van der Waals surface area contributed by atoms with Crippen LogP contribution in [0.1, 0.15) is 11.4 Å². The van der Waals surface area contributed by atoms with E-state index in [2.05, 4.69) is 23.1 Å². The van der Waals surface area contributed by atoms with Crippen LogP contribution in [0.2, 0.25) is 0 Å². The Kier molecular flexibility index (Phi) is 6.29. The van der Waals surface area contributed by atoms with Gasteiger partial charge in [0.2, 0.25) is 0 Å². The normalized spacial score (nSPS) is 9.80. The van der Waals surface area contributed by atoms with Crippen LogP contribution in [-0.4, -0.2) is 21.5 Å². The van der Waals surface area contributed by atoms with E-state index in [4.69, 9.17) is 9.90 Å². The number of H-pyrrole nitrogens is 1. The topological polar surface area (TPSA) is 66.0 Å². The highest BCUT2D eigenvalue weighted by Gasteiger charge is 2.02. The Morgan fingerprint density at radius 1 is 1.60 bits per heavy atom. The molecule has 1 aromatic heterocycles. The molecule has 0 amide bonds. The van der Waals surface area contributed by atoms with Crippen molar-refractivity contribution in [2.24, 2.45) is 0 Å². The van der Waals surface area contributed by atoms with Gasteiger partial charge in [0.15, 0.2) is 0 Å². The Bertz CT molecular complexity index is 364. The van der Waals surface area contributed by atoms with Crippen molar-refractivity contribution in [3.8, 4) is 0 Å². The van der Waals surface area contributed by atoms with Crippen LogP contribution in [0.3, 0.4) is 0 Å². The average Bonchev–Trinajstić information content (AvgIpc) is 2.62. The van der Waals surface area contributed by atoms with Crippen LogP contribution in [0.15, 0.2) is 37.7 Å². The first-order chi connectivity index (χ1) is 7.21. The summed E-state index contributed by atoms with van der Waals surface area (Å²) >= 11 is 0. The van der Waals surface area contributed by atoms with Gasteiger partial charge in [-0.2, -0.15) is 0 Å². The minimum atomic E-state index is -0.250. The molecule has 2 N–H and O–H groups in total. The van der Waals surface area contributed by atoms with Crippen molar-refractivity contribution in [2.45, 2.75) is 6.92 Å². The van der Waals surface area contributed by atoms with Crippen LogP contribution in [0, 0.1) is 6.92 Å². The quantitative estimate of drug-likeness (QED) is 0.588. The summed E-state index contributed by atoms with van der Waals surface area (Å²) in [5.41, 5.74) is 2.97. The van der Waals surface area contributed by atoms with E-state index < -0.39 is 0 Å². The molecule has 0 aliphatic carbocycles. The Labute approximate surface area is 88.7 Å². The molecule has 0 aliphatic heterocycles. The number of carbonyl (C=O) groups is 1. The monoisotopic (exact) mass is 206 g/mol. The number of nitrogens with zero attached hydrogens (tertiary/aromatic N) is 1. The average molecular weight is 206 g/mol. The number of nitrogens with one attached hydrogen (secondary N) is 1. The van der Waals surface area contributed by atoms with Gasteiger partial charge in [-0.1, -0.05) is 31.4 Å². The Hall–Kier alpha value is -2.10. The van der Waals surface area contributed by atoms with Crippen LogP contribution in [0.5, 0.6) is 0 Å². The molecule has 0 aliphatic rings. The number of aromatic amines is 1. The first-order valence-corrected chi connectivity index (χ1v) is 4.24. The van der Waals surface area contributed by atoms with Gasteiger partial charge in [-0.25, -0.2) is 4.98 Å². The van der Waals surface area contributed by atoms with Crippen LogP contribution in [0.4, 0.5) is 0 Å². The minimum absolute atomic E-state index is 0.250. The smallest absolute Gasteiger partial charge is 0.290 e. The zero-order valence-electron chi connectivity index (χ0n) is 8.60. The number of aromatic nitrogens is 2. The molecule has 4 heteroatoms. The SMILES string of the molecule is C=C/C=C(\C=C)c1nc[nH]c1C.O=CO. The second kappa shape index (κ2) is 7.32. The minimum Gasteiger partial charge on any atom is -0.483 e. The third-order valence-corrected chi connectivity index (χ3v) is 1.62. The maximum absolute atomic E-state index is 8.36. The van der Waals surface area contributed by atoms with Gasteiger partial charge in [-0.05, 0) is 6.92 Å². The molecule has 0 spiro atoms. The van der Waals surface area contributed by atoms with E-state index >= 15 is 0 Å². The fourth-order valence-corrected chi connectivity index (χ4v) is 1.02.